The van der Waals surface area contributed by atoms with Crippen LogP contribution in [0.2, 0.25) is 10.0 Å². The SMILES string of the molecule is NC1(C(=O)Nc2cccc(Cl)c2Cl)CCCC1. The van der Waals surface area contributed by atoms with E-state index in [1.54, 1.807) is 18.2 Å². The minimum atomic E-state index is -0.758. The van der Waals surface area contributed by atoms with Gasteiger partial charge in [0.15, 0.2) is 0 Å². The van der Waals surface area contributed by atoms with Crippen LogP contribution in [0.25, 0.3) is 0 Å². The maximum Gasteiger partial charge on any atom is 0.244 e. The van der Waals surface area contributed by atoms with E-state index in [1.807, 2.05) is 0 Å². The first-order chi connectivity index (χ1) is 8.03. The summed E-state index contributed by atoms with van der Waals surface area (Å²) in [6.45, 7) is 0. The van der Waals surface area contributed by atoms with E-state index in [1.165, 1.54) is 0 Å². The number of nitrogens with two attached hydrogens (primary N) is 1. The Balaban J connectivity index is 2.16. The third-order valence-electron chi connectivity index (χ3n) is 3.15. The van der Waals surface area contributed by atoms with Crippen LogP contribution in [-0.4, -0.2) is 11.4 Å². The molecule has 0 unspecified atom stereocenters. The predicted octanol–water partition coefficient (Wildman–Crippen LogP) is 3.20. The van der Waals surface area contributed by atoms with Crippen LogP contribution in [0.15, 0.2) is 18.2 Å². The number of hydrogen-bond acceptors (Lipinski definition) is 2. The van der Waals surface area contributed by atoms with E-state index in [0.717, 1.165) is 25.7 Å². The lowest BCUT2D eigenvalue weighted by Gasteiger charge is -2.22. The number of benzene rings is 1. The number of hydrogen-bond donors (Lipinski definition) is 2. The molecule has 92 valence electrons. The Morgan fingerprint density at radius 1 is 1.29 bits per heavy atom. The van der Waals surface area contributed by atoms with Gasteiger partial charge in [0.05, 0.1) is 21.3 Å². The van der Waals surface area contributed by atoms with Crippen LogP contribution in [-0.2, 0) is 4.79 Å². The summed E-state index contributed by atoms with van der Waals surface area (Å²) in [5, 5.41) is 3.52. The van der Waals surface area contributed by atoms with Gasteiger partial charge in [0, 0.05) is 0 Å². The van der Waals surface area contributed by atoms with E-state index in [0.29, 0.717) is 15.7 Å². The highest BCUT2D eigenvalue weighted by Gasteiger charge is 2.37. The van der Waals surface area contributed by atoms with Gasteiger partial charge in [-0.25, -0.2) is 0 Å². The summed E-state index contributed by atoms with van der Waals surface area (Å²) >= 11 is 11.9. The van der Waals surface area contributed by atoms with Gasteiger partial charge in [-0.15, -0.1) is 0 Å². The van der Waals surface area contributed by atoms with Crippen molar-refractivity contribution in [3.05, 3.63) is 28.2 Å². The van der Waals surface area contributed by atoms with Crippen molar-refractivity contribution in [2.45, 2.75) is 31.2 Å². The molecule has 0 heterocycles. The van der Waals surface area contributed by atoms with E-state index < -0.39 is 5.54 Å². The summed E-state index contributed by atoms with van der Waals surface area (Å²) in [6, 6.07) is 5.12. The van der Waals surface area contributed by atoms with Crippen molar-refractivity contribution in [3.63, 3.8) is 0 Å². The molecule has 17 heavy (non-hydrogen) atoms. The van der Waals surface area contributed by atoms with Crippen LogP contribution in [0.5, 0.6) is 0 Å². The first-order valence-corrected chi connectivity index (χ1v) is 6.33. The van der Waals surface area contributed by atoms with Crippen LogP contribution in [0.4, 0.5) is 5.69 Å². The molecule has 0 radical (unpaired) electrons. The van der Waals surface area contributed by atoms with Gasteiger partial charge in [-0.05, 0) is 25.0 Å². The van der Waals surface area contributed by atoms with Gasteiger partial charge in [0.25, 0.3) is 0 Å². The largest absolute Gasteiger partial charge is 0.323 e. The number of rotatable bonds is 2. The zero-order valence-corrected chi connectivity index (χ0v) is 10.8. The quantitative estimate of drug-likeness (QED) is 0.869. The molecule has 1 amide bonds. The molecule has 3 nitrogen and oxygen atoms in total. The average Bonchev–Trinajstić information content (AvgIpc) is 2.73. The van der Waals surface area contributed by atoms with Gasteiger partial charge in [-0.2, -0.15) is 0 Å². The molecule has 1 aliphatic carbocycles. The molecule has 0 bridgehead atoms. The van der Waals surface area contributed by atoms with Crippen LogP contribution in [0.1, 0.15) is 25.7 Å². The molecule has 1 fully saturated rings. The molecule has 0 saturated heterocycles. The maximum absolute atomic E-state index is 12.1. The number of carbonyl (C=O) groups excluding carboxylic acids is 1. The van der Waals surface area contributed by atoms with Crippen molar-refractivity contribution < 1.29 is 4.79 Å². The highest BCUT2D eigenvalue weighted by Crippen LogP contribution is 2.32. The van der Waals surface area contributed by atoms with Crippen molar-refractivity contribution in [2.24, 2.45) is 5.73 Å². The number of anilines is 1. The standard InChI is InChI=1S/C12H14Cl2N2O/c13-8-4-3-5-9(10(8)14)16-11(17)12(15)6-1-2-7-12/h3-5H,1-2,6-7,15H2,(H,16,17). The van der Waals surface area contributed by atoms with Crippen LogP contribution < -0.4 is 11.1 Å². The minimum Gasteiger partial charge on any atom is -0.323 e. The van der Waals surface area contributed by atoms with Gasteiger partial charge in [-0.3, -0.25) is 4.79 Å². The second-order valence-corrected chi connectivity index (χ2v) is 5.20. The topological polar surface area (TPSA) is 55.1 Å². The van der Waals surface area contributed by atoms with E-state index in [2.05, 4.69) is 5.32 Å². The summed E-state index contributed by atoms with van der Waals surface area (Å²) in [4.78, 5) is 12.1. The summed E-state index contributed by atoms with van der Waals surface area (Å²) < 4.78 is 0. The molecular formula is C12H14Cl2N2O. The molecule has 0 aromatic heterocycles. The molecule has 0 atom stereocenters. The van der Waals surface area contributed by atoms with Crippen molar-refractivity contribution in [2.75, 3.05) is 5.32 Å². The Kier molecular flexibility index (Phi) is 3.61. The number of carbonyl (C=O) groups is 1. The highest BCUT2D eigenvalue weighted by molar-refractivity contribution is 6.44. The average molecular weight is 273 g/mol. The monoisotopic (exact) mass is 272 g/mol. The Labute approximate surface area is 110 Å². The normalized spacial score (nSPS) is 18.1. The fourth-order valence-electron chi connectivity index (χ4n) is 2.08. The molecule has 1 aromatic carbocycles. The lowest BCUT2D eigenvalue weighted by molar-refractivity contribution is -0.121. The summed E-state index contributed by atoms with van der Waals surface area (Å²) in [6.07, 6.45) is 3.43. The third kappa shape index (κ3) is 2.57. The Hall–Kier alpha value is -0.770. The van der Waals surface area contributed by atoms with Gasteiger partial charge in [-0.1, -0.05) is 42.1 Å². The predicted molar refractivity (Wildman–Crippen MR) is 70.5 cm³/mol. The highest BCUT2D eigenvalue weighted by atomic mass is 35.5. The lowest BCUT2D eigenvalue weighted by Crippen LogP contribution is -2.48. The Bertz CT molecular complexity index is 442. The van der Waals surface area contributed by atoms with Gasteiger partial charge in [0.2, 0.25) is 5.91 Å². The molecule has 0 aliphatic heterocycles. The van der Waals surface area contributed by atoms with Crippen LogP contribution in [0.3, 0.4) is 0 Å². The number of amides is 1. The van der Waals surface area contributed by atoms with E-state index >= 15 is 0 Å². The lowest BCUT2D eigenvalue weighted by atomic mass is 9.98. The van der Waals surface area contributed by atoms with E-state index in [9.17, 15) is 4.79 Å². The van der Waals surface area contributed by atoms with Gasteiger partial charge >= 0.3 is 0 Å². The summed E-state index contributed by atoms with van der Waals surface area (Å²) in [5.41, 5.74) is 5.81. The number of halogens is 2. The van der Waals surface area contributed by atoms with Crippen molar-refractivity contribution in [1.29, 1.82) is 0 Å². The van der Waals surface area contributed by atoms with Crippen molar-refractivity contribution >= 4 is 34.8 Å². The van der Waals surface area contributed by atoms with Gasteiger partial charge < -0.3 is 11.1 Å². The molecular weight excluding hydrogens is 259 g/mol. The smallest absolute Gasteiger partial charge is 0.244 e. The van der Waals surface area contributed by atoms with Crippen molar-refractivity contribution in [1.82, 2.24) is 0 Å². The van der Waals surface area contributed by atoms with E-state index in [-0.39, 0.29) is 5.91 Å². The maximum atomic E-state index is 12.1. The minimum absolute atomic E-state index is 0.181. The van der Waals surface area contributed by atoms with Crippen molar-refractivity contribution in [3.8, 4) is 0 Å². The second-order valence-electron chi connectivity index (χ2n) is 4.42. The first kappa shape index (κ1) is 12.7. The summed E-state index contributed by atoms with van der Waals surface area (Å²) in [7, 11) is 0. The molecule has 1 aliphatic rings. The Morgan fingerprint density at radius 3 is 2.59 bits per heavy atom. The molecule has 3 N–H and O–H groups in total. The number of nitrogens with one attached hydrogen (secondary N) is 1. The van der Waals surface area contributed by atoms with Crippen LogP contribution in [0, 0.1) is 0 Å². The zero-order chi connectivity index (χ0) is 12.5. The first-order valence-electron chi connectivity index (χ1n) is 5.57. The molecule has 5 heteroatoms. The third-order valence-corrected chi connectivity index (χ3v) is 3.97. The fourth-order valence-corrected chi connectivity index (χ4v) is 2.43. The zero-order valence-electron chi connectivity index (χ0n) is 9.30. The molecule has 2 rings (SSSR count). The van der Waals surface area contributed by atoms with Gasteiger partial charge in [0.1, 0.15) is 0 Å². The van der Waals surface area contributed by atoms with Crippen LogP contribution >= 0.6 is 23.2 Å². The Morgan fingerprint density at radius 2 is 1.94 bits per heavy atom. The second kappa shape index (κ2) is 4.84. The van der Waals surface area contributed by atoms with E-state index in [4.69, 9.17) is 28.9 Å². The molecule has 1 saturated carbocycles. The molecule has 1 aromatic rings. The molecule has 0 spiro atoms. The fraction of sp³-hybridized carbons (Fsp3) is 0.417. The summed E-state index contributed by atoms with van der Waals surface area (Å²) in [5.74, 6) is -0.181.